The van der Waals surface area contributed by atoms with Crippen molar-refractivity contribution in [1.29, 1.82) is 0 Å². The van der Waals surface area contributed by atoms with E-state index in [2.05, 4.69) is 16.8 Å². The van der Waals surface area contributed by atoms with Crippen molar-refractivity contribution in [2.75, 3.05) is 5.32 Å². The van der Waals surface area contributed by atoms with Crippen LogP contribution in [0.15, 0.2) is 29.6 Å². The number of hydrogen-bond acceptors (Lipinski definition) is 2. The zero-order chi connectivity index (χ0) is 12.5. The fraction of sp³-hybridized carbons (Fsp3) is 0.286. The first-order valence-corrected chi connectivity index (χ1v) is 7.27. The molecule has 94 valence electrons. The Morgan fingerprint density at radius 1 is 1.33 bits per heavy atom. The summed E-state index contributed by atoms with van der Waals surface area (Å²) in [6.45, 7) is 0. The molecular weight excluding hydrogens is 269 g/mol. The van der Waals surface area contributed by atoms with Crippen LogP contribution < -0.4 is 5.32 Å². The number of halogens is 2. The maximum Gasteiger partial charge on any atom is 0.143 e. The number of hydrogen-bond donors (Lipinski definition) is 1. The first kappa shape index (κ1) is 12.0. The SMILES string of the molecule is Fc1cc(NC2CCCc3sccc32)ccc1Cl. The molecule has 1 aliphatic rings. The van der Waals surface area contributed by atoms with Crippen molar-refractivity contribution < 1.29 is 4.39 Å². The monoisotopic (exact) mass is 281 g/mol. The van der Waals surface area contributed by atoms with E-state index >= 15 is 0 Å². The minimum atomic E-state index is -0.372. The summed E-state index contributed by atoms with van der Waals surface area (Å²) in [7, 11) is 0. The highest BCUT2D eigenvalue weighted by molar-refractivity contribution is 7.10. The van der Waals surface area contributed by atoms with Crippen molar-refractivity contribution >= 4 is 28.6 Å². The van der Waals surface area contributed by atoms with Gasteiger partial charge in [0.2, 0.25) is 0 Å². The lowest BCUT2D eigenvalue weighted by Crippen LogP contribution is -2.15. The molecule has 0 bridgehead atoms. The molecule has 1 aromatic heterocycles. The lowest BCUT2D eigenvalue weighted by Gasteiger charge is -2.24. The van der Waals surface area contributed by atoms with Crippen LogP contribution in [0.3, 0.4) is 0 Å². The molecule has 0 aliphatic heterocycles. The van der Waals surface area contributed by atoms with Gasteiger partial charge in [-0.25, -0.2) is 4.39 Å². The Morgan fingerprint density at radius 3 is 3.06 bits per heavy atom. The summed E-state index contributed by atoms with van der Waals surface area (Å²) in [5.74, 6) is -0.372. The van der Waals surface area contributed by atoms with E-state index in [9.17, 15) is 4.39 Å². The summed E-state index contributed by atoms with van der Waals surface area (Å²) >= 11 is 7.50. The molecule has 0 saturated carbocycles. The van der Waals surface area contributed by atoms with Crippen molar-refractivity contribution in [2.24, 2.45) is 0 Å². The van der Waals surface area contributed by atoms with Crippen molar-refractivity contribution in [3.05, 3.63) is 50.9 Å². The molecule has 3 rings (SSSR count). The molecule has 0 spiro atoms. The Morgan fingerprint density at radius 2 is 2.22 bits per heavy atom. The Balaban J connectivity index is 1.84. The van der Waals surface area contributed by atoms with Gasteiger partial charge in [-0.15, -0.1) is 11.3 Å². The van der Waals surface area contributed by atoms with Gasteiger partial charge in [-0.1, -0.05) is 11.6 Å². The molecule has 1 atom stereocenters. The summed E-state index contributed by atoms with van der Waals surface area (Å²) in [6, 6.07) is 7.34. The standard InChI is InChI=1S/C14H13ClFNS/c15-11-5-4-9(8-12(11)16)17-13-2-1-3-14-10(13)6-7-18-14/h4-8,13,17H,1-3H2. The minimum Gasteiger partial charge on any atom is -0.378 e. The summed E-state index contributed by atoms with van der Waals surface area (Å²) in [6.07, 6.45) is 3.44. The van der Waals surface area contributed by atoms with Gasteiger partial charge in [0.25, 0.3) is 0 Å². The summed E-state index contributed by atoms with van der Waals surface area (Å²) < 4.78 is 13.4. The van der Waals surface area contributed by atoms with E-state index in [1.54, 1.807) is 6.07 Å². The van der Waals surface area contributed by atoms with E-state index < -0.39 is 0 Å². The molecule has 18 heavy (non-hydrogen) atoms. The van der Waals surface area contributed by atoms with Gasteiger partial charge < -0.3 is 5.32 Å². The molecule has 1 unspecified atom stereocenters. The van der Waals surface area contributed by atoms with Gasteiger partial charge in [0.05, 0.1) is 11.1 Å². The number of thiophene rings is 1. The Kier molecular flexibility index (Phi) is 3.27. The highest BCUT2D eigenvalue weighted by Crippen LogP contribution is 2.35. The van der Waals surface area contributed by atoms with Crippen molar-refractivity contribution in [1.82, 2.24) is 0 Å². The highest BCUT2D eigenvalue weighted by atomic mass is 35.5. The lowest BCUT2D eigenvalue weighted by molar-refractivity contribution is 0.605. The minimum absolute atomic E-state index is 0.167. The quantitative estimate of drug-likeness (QED) is 0.814. The molecule has 1 nitrogen and oxygen atoms in total. The maximum absolute atomic E-state index is 13.4. The third kappa shape index (κ3) is 2.25. The van der Waals surface area contributed by atoms with Gasteiger partial charge in [-0.3, -0.25) is 0 Å². The predicted molar refractivity (Wildman–Crippen MR) is 75.0 cm³/mol. The predicted octanol–water partition coefficient (Wildman–Crippen LogP) is 5.03. The topological polar surface area (TPSA) is 12.0 Å². The second-order valence-electron chi connectivity index (χ2n) is 4.52. The first-order chi connectivity index (χ1) is 8.74. The molecule has 1 aliphatic carbocycles. The number of nitrogens with one attached hydrogen (secondary N) is 1. The van der Waals surface area contributed by atoms with Crippen LogP contribution >= 0.6 is 22.9 Å². The van der Waals surface area contributed by atoms with Gasteiger partial charge in [0.1, 0.15) is 5.82 Å². The van der Waals surface area contributed by atoms with Gasteiger partial charge in [-0.05, 0) is 54.5 Å². The number of aryl methyl sites for hydroxylation is 1. The average molecular weight is 282 g/mol. The van der Waals surface area contributed by atoms with Gasteiger partial charge in [0.15, 0.2) is 0 Å². The van der Waals surface area contributed by atoms with Crippen LogP contribution in [-0.2, 0) is 6.42 Å². The molecule has 0 radical (unpaired) electrons. The fourth-order valence-corrected chi connectivity index (χ4v) is 3.53. The number of fused-ring (bicyclic) bond motifs is 1. The normalized spacial score (nSPS) is 18.4. The Hall–Kier alpha value is -1.06. The molecule has 1 N–H and O–H groups in total. The second-order valence-corrected chi connectivity index (χ2v) is 5.93. The number of benzene rings is 1. The molecule has 1 heterocycles. The van der Waals surface area contributed by atoms with Crippen molar-refractivity contribution in [2.45, 2.75) is 25.3 Å². The lowest BCUT2D eigenvalue weighted by atomic mass is 9.94. The summed E-state index contributed by atoms with van der Waals surface area (Å²) in [5, 5.41) is 5.70. The van der Waals surface area contributed by atoms with E-state index in [-0.39, 0.29) is 10.8 Å². The third-order valence-electron chi connectivity index (χ3n) is 3.31. The molecule has 0 saturated heterocycles. The average Bonchev–Trinajstić information content (AvgIpc) is 2.83. The molecule has 1 aromatic carbocycles. The van der Waals surface area contributed by atoms with Crippen LogP contribution in [0.5, 0.6) is 0 Å². The van der Waals surface area contributed by atoms with Crippen LogP contribution in [-0.4, -0.2) is 0 Å². The van der Waals surface area contributed by atoms with Crippen LogP contribution in [0.1, 0.15) is 29.3 Å². The molecular formula is C14H13ClFNS. The molecule has 0 amide bonds. The van der Waals surface area contributed by atoms with Gasteiger partial charge >= 0.3 is 0 Å². The first-order valence-electron chi connectivity index (χ1n) is 6.02. The maximum atomic E-state index is 13.4. The van der Waals surface area contributed by atoms with Crippen LogP contribution in [0.4, 0.5) is 10.1 Å². The Bertz CT molecular complexity index is 567. The van der Waals surface area contributed by atoms with Crippen LogP contribution in [0, 0.1) is 5.82 Å². The van der Waals surface area contributed by atoms with Gasteiger partial charge in [-0.2, -0.15) is 0 Å². The van der Waals surface area contributed by atoms with E-state index in [1.165, 1.54) is 29.3 Å². The van der Waals surface area contributed by atoms with Crippen LogP contribution in [0.25, 0.3) is 0 Å². The largest absolute Gasteiger partial charge is 0.378 e. The zero-order valence-electron chi connectivity index (χ0n) is 9.75. The fourth-order valence-electron chi connectivity index (χ4n) is 2.42. The van der Waals surface area contributed by atoms with E-state index in [4.69, 9.17) is 11.6 Å². The van der Waals surface area contributed by atoms with Crippen molar-refractivity contribution in [3.8, 4) is 0 Å². The molecule has 4 heteroatoms. The molecule has 2 aromatic rings. The van der Waals surface area contributed by atoms with Crippen LogP contribution in [0.2, 0.25) is 5.02 Å². The number of anilines is 1. The molecule has 0 fully saturated rings. The second kappa shape index (κ2) is 4.90. The van der Waals surface area contributed by atoms with Gasteiger partial charge in [0, 0.05) is 10.6 Å². The van der Waals surface area contributed by atoms with E-state index in [0.717, 1.165) is 12.1 Å². The third-order valence-corrected chi connectivity index (χ3v) is 4.62. The van der Waals surface area contributed by atoms with E-state index in [0.29, 0.717) is 6.04 Å². The van der Waals surface area contributed by atoms with E-state index in [1.807, 2.05) is 17.4 Å². The summed E-state index contributed by atoms with van der Waals surface area (Å²) in [4.78, 5) is 1.45. The highest BCUT2D eigenvalue weighted by Gasteiger charge is 2.21. The Labute approximate surface area is 115 Å². The zero-order valence-corrected chi connectivity index (χ0v) is 11.3. The number of rotatable bonds is 2. The smallest absolute Gasteiger partial charge is 0.143 e. The summed E-state index contributed by atoms with van der Waals surface area (Å²) in [5.41, 5.74) is 2.16. The van der Waals surface area contributed by atoms with Crippen molar-refractivity contribution in [3.63, 3.8) is 0 Å².